The van der Waals surface area contributed by atoms with Crippen LogP contribution in [-0.4, -0.2) is 17.7 Å². The number of nitrogens with zero attached hydrogens (tertiary/aromatic N) is 1. The summed E-state index contributed by atoms with van der Waals surface area (Å²) in [4.78, 5) is 12.2. The number of carbonyl (C=O) groups is 1. The van der Waals surface area contributed by atoms with E-state index in [1.807, 2.05) is 31.2 Å². The lowest BCUT2D eigenvalue weighted by Gasteiger charge is -2.05. The summed E-state index contributed by atoms with van der Waals surface area (Å²) in [6, 6.07) is 7.84. The SMILES string of the molecule is CCOC(=O)c1c(-c2ccccc2C)noc1C1CC1. The van der Waals surface area contributed by atoms with E-state index in [-0.39, 0.29) is 5.97 Å². The lowest BCUT2D eigenvalue weighted by atomic mass is 10.0. The van der Waals surface area contributed by atoms with E-state index in [1.165, 1.54) is 0 Å². The third kappa shape index (κ3) is 2.22. The summed E-state index contributed by atoms with van der Waals surface area (Å²) in [5.74, 6) is 0.662. The van der Waals surface area contributed by atoms with E-state index < -0.39 is 0 Å². The van der Waals surface area contributed by atoms with Gasteiger partial charge in [-0.1, -0.05) is 29.4 Å². The van der Waals surface area contributed by atoms with E-state index in [0.29, 0.717) is 29.5 Å². The quantitative estimate of drug-likeness (QED) is 0.795. The van der Waals surface area contributed by atoms with E-state index in [9.17, 15) is 4.79 Å². The maximum Gasteiger partial charge on any atom is 0.344 e. The molecule has 104 valence electrons. The summed E-state index contributed by atoms with van der Waals surface area (Å²) >= 11 is 0. The fourth-order valence-corrected chi connectivity index (χ4v) is 2.35. The van der Waals surface area contributed by atoms with Crippen LogP contribution < -0.4 is 0 Å². The summed E-state index contributed by atoms with van der Waals surface area (Å²) in [6.07, 6.45) is 2.10. The Labute approximate surface area is 117 Å². The van der Waals surface area contributed by atoms with Crippen LogP contribution in [0.4, 0.5) is 0 Å². The van der Waals surface area contributed by atoms with Crippen molar-refractivity contribution in [1.29, 1.82) is 0 Å². The molecule has 4 nitrogen and oxygen atoms in total. The predicted octanol–water partition coefficient (Wildman–Crippen LogP) is 3.70. The fraction of sp³-hybridized carbons (Fsp3) is 0.375. The minimum atomic E-state index is -0.339. The molecule has 4 heteroatoms. The van der Waals surface area contributed by atoms with Crippen LogP contribution in [0.2, 0.25) is 0 Å². The highest BCUT2D eigenvalue weighted by Crippen LogP contribution is 2.44. The molecular weight excluding hydrogens is 254 g/mol. The van der Waals surface area contributed by atoms with Crippen molar-refractivity contribution >= 4 is 5.97 Å². The molecule has 0 amide bonds. The highest BCUT2D eigenvalue weighted by atomic mass is 16.5. The highest BCUT2D eigenvalue weighted by Gasteiger charge is 2.36. The smallest absolute Gasteiger partial charge is 0.344 e. The molecule has 1 aromatic heterocycles. The first-order valence-corrected chi connectivity index (χ1v) is 6.95. The standard InChI is InChI=1S/C16H17NO3/c1-3-19-16(18)13-14(12-7-5-4-6-10(12)2)17-20-15(13)11-8-9-11/h4-7,11H,3,8-9H2,1-2H3. The average molecular weight is 271 g/mol. The molecule has 0 radical (unpaired) electrons. The van der Waals surface area contributed by atoms with E-state index >= 15 is 0 Å². The summed E-state index contributed by atoms with van der Waals surface area (Å²) < 4.78 is 10.6. The number of aryl methyl sites for hydroxylation is 1. The molecule has 1 aromatic carbocycles. The maximum atomic E-state index is 12.2. The molecule has 0 bridgehead atoms. The van der Waals surface area contributed by atoms with Crippen LogP contribution in [0.1, 0.15) is 47.4 Å². The Balaban J connectivity index is 2.11. The summed E-state index contributed by atoms with van der Waals surface area (Å²) in [6.45, 7) is 4.15. The summed E-state index contributed by atoms with van der Waals surface area (Å²) in [7, 11) is 0. The van der Waals surface area contributed by atoms with Gasteiger partial charge in [-0.15, -0.1) is 0 Å². The topological polar surface area (TPSA) is 52.3 Å². The van der Waals surface area contributed by atoms with Crippen LogP contribution in [0, 0.1) is 6.92 Å². The number of hydrogen-bond acceptors (Lipinski definition) is 4. The van der Waals surface area contributed by atoms with Gasteiger partial charge in [-0.2, -0.15) is 0 Å². The molecule has 3 rings (SSSR count). The molecular formula is C16H17NO3. The van der Waals surface area contributed by atoms with E-state index in [0.717, 1.165) is 24.0 Å². The van der Waals surface area contributed by atoms with Crippen molar-refractivity contribution in [3.05, 3.63) is 41.2 Å². The first-order valence-electron chi connectivity index (χ1n) is 6.95. The Kier molecular flexibility index (Phi) is 3.30. The van der Waals surface area contributed by atoms with Gasteiger partial charge in [0.1, 0.15) is 11.3 Å². The lowest BCUT2D eigenvalue weighted by molar-refractivity contribution is 0.0524. The van der Waals surface area contributed by atoms with Gasteiger partial charge in [0.25, 0.3) is 0 Å². The fourth-order valence-electron chi connectivity index (χ4n) is 2.35. The van der Waals surface area contributed by atoms with Gasteiger partial charge in [-0.05, 0) is 32.3 Å². The normalized spacial score (nSPS) is 14.3. The number of ether oxygens (including phenoxy) is 1. The number of rotatable bonds is 4. The number of aromatic nitrogens is 1. The average Bonchev–Trinajstić information content (AvgIpc) is 3.19. The van der Waals surface area contributed by atoms with E-state index in [1.54, 1.807) is 6.92 Å². The zero-order valence-electron chi connectivity index (χ0n) is 11.7. The lowest BCUT2D eigenvalue weighted by Crippen LogP contribution is -2.07. The van der Waals surface area contributed by atoms with Gasteiger partial charge in [-0.25, -0.2) is 4.79 Å². The van der Waals surface area contributed by atoms with Crippen molar-refractivity contribution in [3.8, 4) is 11.3 Å². The van der Waals surface area contributed by atoms with Gasteiger partial charge >= 0.3 is 5.97 Å². The number of hydrogen-bond donors (Lipinski definition) is 0. The van der Waals surface area contributed by atoms with Crippen molar-refractivity contribution in [1.82, 2.24) is 5.16 Å². The van der Waals surface area contributed by atoms with Crippen LogP contribution in [-0.2, 0) is 4.74 Å². The largest absolute Gasteiger partial charge is 0.462 e. The van der Waals surface area contributed by atoms with Gasteiger partial charge in [-0.3, -0.25) is 0 Å². The second-order valence-corrected chi connectivity index (χ2v) is 5.08. The van der Waals surface area contributed by atoms with Crippen LogP contribution in [0.15, 0.2) is 28.8 Å². The van der Waals surface area contributed by atoms with Gasteiger partial charge < -0.3 is 9.26 Å². The summed E-state index contributed by atoms with van der Waals surface area (Å²) in [5, 5.41) is 4.14. The zero-order chi connectivity index (χ0) is 14.1. The third-order valence-electron chi connectivity index (χ3n) is 3.55. The van der Waals surface area contributed by atoms with E-state index in [2.05, 4.69) is 5.16 Å². The molecule has 1 heterocycles. The molecule has 0 aliphatic heterocycles. The molecule has 20 heavy (non-hydrogen) atoms. The number of carbonyl (C=O) groups excluding carboxylic acids is 1. The third-order valence-corrected chi connectivity index (χ3v) is 3.55. The molecule has 1 saturated carbocycles. The van der Waals surface area contributed by atoms with Crippen molar-refractivity contribution in [2.75, 3.05) is 6.61 Å². The van der Waals surface area contributed by atoms with Crippen molar-refractivity contribution < 1.29 is 14.1 Å². The second-order valence-electron chi connectivity index (χ2n) is 5.08. The van der Waals surface area contributed by atoms with E-state index in [4.69, 9.17) is 9.26 Å². The van der Waals surface area contributed by atoms with Crippen LogP contribution in [0.25, 0.3) is 11.3 Å². The zero-order valence-corrected chi connectivity index (χ0v) is 11.7. The predicted molar refractivity (Wildman–Crippen MR) is 74.6 cm³/mol. The Bertz CT molecular complexity index is 641. The summed E-state index contributed by atoms with van der Waals surface area (Å²) in [5.41, 5.74) is 3.09. The van der Waals surface area contributed by atoms with Crippen molar-refractivity contribution in [2.24, 2.45) is 0 Å². The molecule has 1 aliphatic carbocycles. The molecule has 0 atom stereocenters. The van der Waals surface area contributed by atoms with Gasteiger partial charge in [0.05, 0.1) is 6.61 Å². The van der Waals surface area contributed by atoms with Crippen molar-refractivity contribution in [3.63, 3.8) is 0 Å². The molecule has 0 spiro atoms. The second kappa shape index (κ2) is 5.12. The maximum absolute atomic E-state index is 12.2. The van der Waals surface area contributed by atoms with Crippen LogP contribution >= 0.6 is 0 Å². The van der Waals surface area contributed by atoms with Crippen LogP contribution in [0.5, 0.6) is 0 Å². The molecule has 0 saturated heterocycles. The first-order chi connectivity index (χ1) is 9.72. The molecule has 1 aliphatic rings. The molecule has 0 N–H and O–H groups in total. The number of benzene rings is 1. The molecule has 1 fully saturated rings. The Morgan fingerprint density at radius 3 is 2.80 bits per heavy atom. The van der Waals surface area contributed by atoms with Crippen molar-refractivity contribution in [2.45, 2.75) is 32.6 Å². The minimum Gasteiger partial charge on any atom is -0.462 e. The Hall–Kier alpha value is -2.10. The molecule has 0 unspecified atom stereocenters. The van der Waals surface area contributed by atoms with Gasteiger partial charge in [0, 0.05) is 11.5 Å². The van der Waals surface area contributed by atoms with Crippen LogP contribution in [0.3, 0.4) is 0 Å². The molecule has 2 aromatic rings. The Morgan fingerprint density at radius 1 is 1.40 bits per heavy atom. The monoisotopic (exact) mass is 271 g/mol. The number of esters is 1. The minimum absolute atomic E-state index is 0.319. The highest BCUT2D eigenvalue weighted by molar-refractivity contribution is 5.97. The van der Waals surface area contributed by atoms with Gasteiger partial charge in [0.2, 0.25) is 0 Å². The van der Waals surface area contributed by atoms with Gasteiger partial charge in [0.15, 0.2) is 5.76 Å². The Morgan fingerprint density at radius 2 is 2.15 bits per heavy atom. The first kappa shape index (κ1) is 12.9.